The van der Waals surface area contributed by atoms with Crippen molar-refractivity contribution in [2.75, 3.05) is 0 Å². The number of aryl methyl sites for hydroxylation is 2. The van der Waals surface area contributed by atoms with Crippen LogP contribution in [0.5, 0.6) is 0 Å². The number of nitrogens with zero attached hydrogens (tertiary/aromatic N) is 4. The van der Waals surface area contributed by atoms with Gasteiger partial charge in [0, 0.05) is 7.05 Å². The normalized spacial score (nSPS) is 10.4. The number of hydrogen-bond acceptors (Lipinski definition) is 4. The number of carboxylic acid groups (broad SMARTS) is 1. The average Bonchev–Trinajstić information content (AvgIpc) is 2.61. The highest BCUT2D eigenvalue weighted by Crippen LogP contribution is 2.20. The van der Waals surface area contributed by atoms with Gasteiger partial charge in [-0.25, -0.2) is 4.79 Å². The minimum Gasteiger partial charge on any atom is -0.477 e. The van der Waals surface area contributed by atoms with Gasteiger partial charge >= 0.3 is 5.97 Å². The number of aromatic nitrogens is 4. The second-order valence-electron chi connectivity index (χ2n) is 3.40. The predicted octanol–water partition coefficient (Wildman–Crippen LogP) is 0.884. The van der Waals surface area contributed by atoms with E-state index in [1.807, 2.05) is 6.92 Å². The first-order valence-electron chi connectivity index (χ1n) is 4.65. The van der Waals surface area contributed by atoms with Crippen LogP contribution in [0.1, 0.15) is 16.2 Å². The molecule has 0 atom stereocenters. The summed E-state index contributed by atoms with van der Waals surface area (Å²) >= 11 is 0. The monoisotopic (exact) mass is 218 g/mol. The van der Waals surface area contributed by atoms with Crippen molar-refractivity contribution in [1.29, 1.82) is 0 Å². The van der Waals surface area contributed by atoms with Gasteiger partial charge in [-0.1, -0.05) is 0 Å². The first-order chi connectivity index (χ1) is 7.59. The van der Waals surface area contributed by atoms with Crippen molar-refractivity contribution in [3.05, 3.63) is 29.7 Å². The van der Waals surface area contributed by atoms with Gasteiger partial charge in [0.05, 0.1) is 23.1 Å². The smallest absolute Gasteiger partial charge is 0.354 e. The number of aromatic carboxylic acids is 1. The van der Waals surface area contributed by atoms with E-state index in [-0.39, 0.29) is 5.69 Å². The molecular weight excluding hydrogens is 208 g/mol. The first-order valence-corrected chi connectivity index (χ1v) is 4.65. The maximum Gasteiger partial charge on any atom is 0.354 e. The molecular formula is C10H10N4O2. The van der Waals surface area contributed by atoms with Gasteiger partial charge in [0.15, 0.2) is 5.69 Å². The Labute approximate surface area is 91.6 Å². The Kier molecular flexibility index (Phi) is 2.40. The van der Waals surface area contributed by atoms with Gasteiger partial charge in [-0.05, 0) is 19.1 Å². The Bertz CT molecular complexity index is 530. The summed E-state index contributed by atoms with van der Waals surface area (Å²) in [5.74, 6) is -1.03. The summed E-state index contributed by atoms with van der Waals surface area (Å²) in [6.45, 7) is 1.82. The fourth-order valence-corrected chi connectivity index (χ4v) is 1.42. The lowest BCUT2D eigenvalue weighted by Crippen LogP contribution is -2.07. The summed E-state index contributed by atoms with van der Waals surface area (Å²) in [5, 5.41) is 20.8. The fraction of sp³-hybridized carbons (Fsp3) is 0.200. The molecule has 2 heterocycles. The van der Waals surface area contributed by atoms with Gasteiger partial charge in [0.1, 0.15) is 0 Å². The molecule has 0 saturated carbocycles. The van der Waals surface area contributed by atoms with Crippen molar-refractivity contribution < 1.29 is 9.90 Å². The van der Waals surface area contributed by atoms with Gasteiger partial charge in [-0.2, -0.15) is 15.3 Å². The molecule has 2 aromatic rings. The molecule has 2 rings (SSSR count). The van der Waals surface area contributed by atoms with E-state index in [2.05, 4.69) is 15.3 Å². The van der Waals surface area contributed by atoms with E-state index in [0.29, 0.717) is 11.3 Å². The van der Waals surface area contributed by atoms with E-state index in [1.54, 1.807) is 19.2 Å². The van der Waals surface area contributed by atoms with Crippen LogP contribution < -0.4 is 0 Å². The van der Waals surface area contributed by atoms with E-state index < -0.39 is 5.97 Å². The molecule has 0 bridgehead atoms. The molecule has 6 heteroatoms. The molecule has 16 heavy (non-hydrogen) atoms. The molecule has 0 saturated heterocycles. The molecule has 2 aromatic heterocycles. The molecule has 0 amide bonds. The SMILES string of the molecule is Cc1ccc(-c2cnn(C)c2C(=O)O)nn1. The molecule has 1 N–H and O–H groups in total. The Morgan fingerprint density at radius 2 is 2.12 bits per heavy atom. The highest BCUT2D eigenvalue weighted by Gasteiger charge is 2.17. The van der Waals surface area contributed by atoms with Crippen molar-refractivity contribution in [3.8, 4) is 11.3 Å². The highest BCUT2D eigenvalue weighted by molar-refractivity contribution is 5.93. The molecule has 0 aliphatic heterocycles. The average molecular weight is 218 g/mol. The third-order valence-corrected chi connectivity index (χ3v) is 2.22. The van der Waals surface area contributed by atoms with Crippen LogP contribution >= 0.6 is 0 Å². The Morgan fingerprint density at radius 1 is 1.38 bits per heavy atom. The third-order valence-electron chi connectivity index (χ3n) is 2.22. The fourth-order valence-electron chi connectivity index (χ4n) is 1.42. The van der Waals surface area contributed by atoms with Crippen molar-refractivity contribution in [2.24, 2.45) is 7.05 Å². The minimum absolute atomic E-state index is 0.109. The lowest BCUT2D eigenvalue weighted by molar-refractivity contribution is 0.0686. The Morgan fingerprint density at radius 3 is 2.69 bits per heavy atom. The van der Waals surface area contributed by atoms with Crippen LogP contribution in [-0.4, -0.2) is 31.1 Å². The van der Waals surface area contributed by atoms with E-state index in [0.717, 1.165) is 5.69 Å². The van der Waals surface area contributed by atoms with E-state index in [9.17, 15) is 4.79 Å². The summed E-state index contributed by atoms with van der Waals surface area (Å²) in [6.07, 6.45) is 1.48. The maximum absolute atomic E-state index is 11.0. The number of carbonyl (C=O) groups is 1. The van der Waals surface area contributed by atoms with Crippen LogP contribution in [0.25, 0.3) is 11.3 Å². The second-order valence-corrected chi connectivity index (χ2v) is 3.40. The molecule has 0 aromatic carbocycles. The molecule has 6 nitrogen and oxygen atoms in total. The Balaban J connectivity index is 2.56. The molecule has 0 fully saturated rings. The van der Waals surface area contributed by atoms with Crippen LogP contribution in [-0.2, 0) is 7.05 Å². The van der Waals surface area contributed by atoms with Gasteiger partial charge in [0.25, 0.3) is 0 Å². The van der Waals surface area contributed by atoms with Crippen LogP contribution in [0.15, 0.2) is 18.3 Å². The molecule has 82 valence electrons. The zero-order valence-corrected chi connectivity index (χ0v) is 8.88. The number of hydrogen-bond donors (Lipinski definition) is 1. The van der Waals surface area contributed by atoms with Crippen LogP contribution in [0.2, 0.25) is 0 Å². The summed E-state index contributed by atoms with van der Waals surface area (Å²) in [5.41, 5.74) is 1.88. The first kappa shape index (κ1) is 10.3. The molecule has 0 aliphatic rings. The number of rotatable bonds is 2. The van der Waals surface area contributed by atoms with E-state index in [4.69, 9.17) is 5.11 Å². The lowest BCUT2D eigenvalue weighted by atomic mass is 10.1. The molecule has 0 spiro atoms. The topological polar surface area (TPSA) is 80.9 Å². The van der Waals surface area contributed by atoms with Crippen molar-refractivity contribution >= 4 is 5.97 Å². The van der Waals surface area contributed by atoms with Crippen LogP contribution in [0.3, 0.4) is 0 Å². The zero-order chi connectivity index (χ0) is 11.7. The highest BCUT2D eigenvalue weighted by atomic mass is 16.4. The van der Waals surface area contributed by atoms with Crippen molar-refractivity contribution in [2.45, 2.75) is 6.92 Å². The summed E-state index contributed by atoms with van der Waals surface area (Å²) in [6, 6.07) is 3.51. The minimum atomic E-state index is -1.03. The molecule has 0 aliphatic carbocycles. The number of carboxylic acids is 1. The molecule has 0 radical (unpaired) electrons. The maximum atomic E-state index is 11.0. The zero-order valence-electron chi connectivity index (χ0n) is 8.88. The third kappa shape index (κ3) is 1.65. The van der Waals surface area contributed by atoms with Crippen molar-refractivity contribution in [1.82, 2.24) is 20.0 Å². The van der Waals surface area contributed by atoms with Gasteiger partial charge in [-0.3, -0.25) is 4.68 Å². The van der Waals surface area contributed by atoms with Crippen LogP contribution in [0, 0.1) is 6.92 Å². The lowest BCUT2D eigenvalue weighted by Gasteiger charge is -2.00. The molecule has 0 unspecified atom stereocenters. The van der Waals surface area contributed by atoms with E-state index >= 15 is 0 Å². The van der Waals surface area contributed by atoms with Crippen LogP contribution in [0.4, 0.5) is 0 Å². The summed E-state index contributed by atoms with van der Waals surface area (Å²) in [7, 11) is 1.58. The predicted molar refractivity (Wildman–Crippen MR) is 55.9 cm³/mol. The van der Waals surface area contributed by atoms with Gasteiger partial charge in [-0.15, -0.1) is 0 Å². The van der Waals surface area contributed by atoms with E-state index in [1.165, 1.54) is 10.9 Å². The Hall–Kier alpha value is -2.24. The van der Waals surface area contributed by atoms with Gasteiger partial charge in [0.2, 0.25) is 0 Å². The second kappa shape index (κ2) is 3.73. The quantitative estimate of drug-likeness (QED) is 0.809. The summed E-state index contributed by atoms with van der Waals surface area (Å²) in [4.78, 5) is 11.0. The standard InChI is InChI=1S/C10H10N4O2/c1-6-3-4-8(13-12-6)7-5-11-14(2)9(7)10(15)16/h3-5H,1-2H3,(H,15,16). The largest absolute Gasteiger partial charge is 0.477 e. The summed E-state index contributed by atoms with van der Waals surface area (Å²) < 4.78 is 1.30. The van der Waals surface area contributed by atoms with Crippen molar-refractivity contribution in [3.63, 3.8) is 0 Å². The van der Waals surface area contributed by atoms with Gasteiger partial charge < -0.3 is 5.11 Å².